The number of aromatic nitrogens is 3. The van der Waals surface area contributed by atoms with Crippen molar-refractivity contribution in [2.45, 2.75) is 43.8 Å². The molecule has 1 saturated carbocycles. The second-order valence-corrected chi connectivity index (χ2v) is 6.36. The molecule has 0 unspecified atom stereocenters. The molecule has 22 heavy (non-hydrogen) atoms. The first-order valence-electron chi connectivity index (χ1n) is 7.63. The van der Waals surface area contributed by atoms with E-state index in [-0.39, 0.29) is 5.91 Å². The summed E-state index contributed by atoms with van der Waals surface area (Å²) in [7, 11) is 0. The number of furan rings is 1. The van der Waals surface area contributed by atoms with Gasteiger partial charge in [0.15, 0.2) is 5.16 Å². The first-order chi connectivity index (χ1) is 10.8. The number of rotatable bonds is 8. The van der Waals surface area contributed by atoms with Crippen LogP contribution in [0.3, 0.4) is 0 Å². The Morgan fingerprint density at radius 1 is 1.50 bits per heavy atom. The SMILES string of the molecule is CCCNC(=O)CSc1nnc(C2CC2)n1Cc1ccco1. The number of nitrogens with one attached hydrogen (secondary N) is 1. The van der Waals surface area contributed by atoms with Crippen molar-refractivity contribution >= 4 is 17.7 Å². The minimum Gasteiger partial charge on any atom is -0.467 e. The van der Waals surface area contributed by atoms with Crippen molar-refractivity contribution in [1.29, 1.82) is 0 Å². The van der Waals surface area contributed by atoms with Crippen LogP contribution in [-0.4, -0.2) is 33.0 Å². The minimum absolute atomic E-state index is 0.0346. The number of carbonyl (C=O) groups is 1. The fourth-order valence-corrected chi connectivity index (χ4v) is 2.98. The average Bonchev–Trinajstić information content (AvgIpc) is 3.09. The normalized spacial score (nSPS) is 14.2. The maximum atomic E-state index is 11.7. The van der Waals surface area contributed by atoms with E-state index in [9.17, 15) is 4.79 Å². The van der Waals surface area contributed by atoms with Crippen molar-refractivity contribution < 1.29 is 9.21 Å². The van der Waals surface area contributed by atoms with Crippen LogP contribution in [-0.2, 0) is 11.3 Å². The van der Waals surface area contributed by atoms with Gasteiger partial charge in [0.05, 0.1) is 18.6 Å². The second kappa shape index (κ2) is 7.00. The first-order valence-corrected chi connectivity index (χ1v) is 8.61. The highest BCUT2D eigenvalue weighted by molar-refractivity contribution is 7.99. The van der Waals surface area contributed by atoms with Crippen molar-refractivity contribution in [3.63, 3.8) is 0 Å². The molecule has 2 aromatic heterocycles. The van der Waals surface area contributed by atoms with Crippen molar-refractivity contribution in [2.24, 2.45) is 0 Å². The fourth-order valence-electron chi connectivity index (χ4n) is 2.20. The Morgan fingerprint density at radius 2 is 2.36 bits per heavy atom. The molecular weight excluding hydrogens is 300 g/mol. The molecule has 2 heterocycles. The van der Waals surface area contributed by atoms with Crippen LogP contribution < -0.4 is 5.32 Å². The van der Waals surface area contributed by atoms with Gasteiger partial charge in [-0.3, -0.25) is 9.36 Å². The lowest BCUT2D eigenvalue weighted by Crippen LogP contribution is -2.25. The molecule has 0 saturated heterocycles. The summed E-state index contributed by atoms with van der Waals surface area (Å²) in [4.78, 5) is 11.7. The standard InChI is InChI=1S/C15H20N4O2S/c1-2-7-16-13(20)10-22-15-18-17-14(11-5-6-11)19(15)9-12-4-3-8-21-12/h3-4,8,11H,2,5-7,9-10H2,1H3,(H,16,20). The third kappa shape index (κ3) is 3.71. The molecule has 118 valence electrons. The largest absolute Gasteiger partial charge is 0.467 e. The zero-order valence-electron chi connectivity index (χ0n) is 12.6. The molecule has 0 atom stereocenters. The third-order valence-electron chi connectivity index (χ3n) is 3.49. The Balaban J connectivity index is 1.69. The summed E-state index contributed by atoms with van der Waals surface area (Å²) >= 11 is 1.43. The molecule has 0 aromatic carbocycles. The molecule has 1 amide bonds. The summed E-state index contributed by atoms with van der Waals surface area (Å²) in [6, 6.07) is 3.82. The zero-order valence-corrected chi connectivity index (χ0v) is 13.4. The predicted octanol–water partition coefficient (Wildman–Crippen LogP) is 2.42. The van der Waals surface area contributed by atoms with Gasteiger partial charge in [-0.05, 0) is 31.4 Å². The van der Waals surface area contributed by atoms with E-state index >= 15 is 0 Å². The van der Waals surface area contributed by atoms with Crippen molar-refractivity contribution in [2.75, 3.05) is 12.3 Å². The molecule has 7 heteroatoms. The molecule has 0 bridgehead atoms. The van der Waals surface area contributed by atoms with Crippen LogP contribution in [0.25, 0.3) is 0 Å². The highest BCUT2D eigenvalue weighted by atomic mass is 32.2. The maximum absolute atomic E-state index is 11.7. The van der Waals surface area contributed by atoms with Crippen LogP contribution in [0.5, 0.6) is 0 Å². The van der Waals surface area contributed by atoms with Gasteiger partial charge in [0.2, 0.25) is 5.91 Å². The third-order valence-corrected chi connectivity index (χ3v) is 4.45. The van der Waals surface area contributed by atoms with Crippen LogP contribution in [0.2, 0.25) is 0 Å². The van der Waals surface area contributed by atoms with Gasteiger partial charge >= 0.3 is 0 Å². The van der Waals surface area contributed by atoms with E-state index in [1.807, 2.05) is 19.1 Å². The summed E-state index contributed by atoms with van der Waals surface area (Å²) in [6.45, 7) is 3.37. The van der Waals surface area contributed by atoms with E-state index in [4.69, 9.17) is 4.42 Å². The molecule has 0 radical (unpaired) electrons. The zero-order chi connectivity index (χ0) is 15.4. The van der Waals surface area contributed by atoms with E-state index in [1.54, 1.807) is 6.26 Å². The molecular formula is C15H20N4O2S. The Hall–Kier alpha value is -1.76. The topological polar surface area (TPSA) is 73.0 Å². The number of carbonyl (C=O) groups excluding carboxylic acids is 1. The van der Waals surface area contributed by atoms with E-state index in [1.165, 1.54) is 11.8 Å². The Labute approximate surface area is 133 Å². The number of hydrogen-bond acceptors (Lipinski definition) is 5. The van der Waals surface area contributed by atoms with E-state index in [0.29, 0.717) is 24.8 Å². The number of nitrogens with zero attached hydrogens (tertiary/aromatic N) is 3. The first kappa shape index (κ1) is 15.1. The monoisotopic (exact) mass is 320 g/mol. The lowest BCUT2D eigenvalue weighted by molar-refractivity contribution is -0.118. The molecule has 1 aliphatic carbocycles. The van der Waals surface area contributed by atoms with Gasteiger partial charge in [0, 0.05) is 12.5 Å². The van der Waals surface area contributed by atoms with Crippen molar-refractivity contribution in [3.05, 3.63) is 30.0 Å². The quantitative estimate of drug-likeness (QED) is 0.756. The summed E-state index contributed by atoms with van der Waals surface area (Å²) in [5.74, 6) is 2.78. The van der Waals surface area contributed by atoms with Crippen LogP contribution in [0.15, 0.2) is 28.0 Å². The van der Waals surface area contributed by atoms with Crippen molar-refractivity contribution in [1.82, 2.24) is 20.1 Å². The fraction of sp³-hybridized carbons (Fsp3) is 0.533. The molecule has 6 nitrogen and oxygen atoms in total. The van der Waals surface area contributed by atoms with Crippen LogP contribution in [0, 0.1) is 0 Å². The lowest BCUT2D eigenvalue weighted by Gasteiger charge is -2.08. The summed E-state index contributed by atoms with van der Waals surface area (Å²) < 4.78 is 7.51. The van der Waals surface area contributed by atoms with E-state index < -0.39 is 0 Å². The minimum atomic E-state index is 0.0346. The number of thioether (sulfide) groups is 1. The summed E-state index contributed by atoms with van der Waals surface area (Å²) in [6.07, 6.45) is 4.94. The molecule has 1 N–H and O–H groups in total. The highest BCUT2D eigenvalue weighted by Gasteiger charge is 2.30. The lowest BCUT2D eigenvalue weighted by atomic mass is 10.3. The molecule has 1 fully saturated rings. The van der Waals surface area contributed by atoms with Gasteiger partial charge in [0.1, 0.15) is 11.6 Å². The average molecular weight is 320 g/mol. The smallest absolute Gasteiger partial charge is 0.230 e. The molecule has 1 aliphatic rings. The van der Waals surface area contributed by atoms with Crippen LogP contribution >= 0.6 is 11.8 Å². The Kier molecular flexibility index (Phi) is 4.82. The van der Waals surface area contributed by atoms with Gasteiger partial charge in [0.25, 0.3) is 0 Å². The second-order valence-electron chi connectivity index (χ2n) is 5.42. The van der Waals surface area contributed by atoms with Gasteiger partial charge in [-0.25, -0.2) is 0 Å². The maximum Gasteiger partial charge on any atom is 0.230 e. The summed E-state index contributed by atoms with van der Waals surface area (Å²) in [5.41, 5.74) is 0. The van der Waals surface area contributed by atoms with Crippen molar-refractivity contribution in [3.8, 4) is 0 Å². The number of hydrogen-bond donors (Lipinski definition) is 1. The number of amides is 1. The highest BCUT2D eigenvalue weighted by Crippen LogP contribution is 2.40. The molecule has 3 rings (SSSR count). The summed E-state index contributed by atoms with van der Waals surface area (Å²) in [5, 5.41) is 12.2. The van der Waals surface area contributed by atoms with E-state index in [0.717, 1.165) is 36.0 Å². The Bertz CT molecular complexity index is 620. The predicted molar refractivity (Wildman–Crippen MR) is 83.8 cm³/mol. The van der Waals surface area contributed by atoms with Crippen LogP contribution in [0.4, 0.5) is 0 Å². The molecule has 0 spiro atoms. The van der Waals surface area contributed by atoms with Gasteiger partial charge < -0.3 is 9.73 Å². The van der Waals surface area contributed by atoms with Gasteiger partial charge in [-0.15, -0.1) is 10.2 Å². The Morgan fingerprint density at radius 3 is 3.05 bits per heavy atom. The van der Waals surface area contributed by atoms with E-state index in [2.05, 4.69) is 20.1 Å². The molecule has 0 aliphatic heterocycles. The van der Waals surface area contributed by atoms with Crippen LogP contribution in [0.1, 0.15) is 43.7 Å². The molecule has 2 aromatic rings. The van der Waals surface area contributed by atoms with Gasteiger partial charge in [-0.2, -0.15) is 0 Å². The van der Waals surface area contributed by atoms with Gasteiger partial charge in [-0.1, -0.05) is 18.7 Å².